The van der Waals surface area contributed by atoms with Gasteiger partial charge in [0, 0.05) is 30.1 Å². The summed E-state index contributed by atoms with van der Waals surface area (Å²) in [4.78, 5) is 43.1. The molecule has 4 rings (SSSR count). The second-order valence-corrected chi connectivity index (χ2v) is 6.59. The molecule has 0 saturated carbocycles. The lowest BCUT2D eigenvalue weighted by molar-refractivity contribution is -0.151. The molecule has 1 atom stereocenters. The molecule has 2 N–H and O–H groups in total. The highest BCUT2D eigenvalue weighted by molar-refractivity contribution is 5.86. The highest BCUT2D eigenvalue weighted by Crippen LogP contribution is 2.30. The third-order valence-corrected chi connectivity index (χ3v) is 5.01. The quantitative estimate of drug-likeness (QED) is 0.721. The van der Waals surface area contributed by atoms with Gasteiger partial charge in [-0.05, 0) is 24.5 Å². The predicted octanol–water partition coefficient (Wildman–Crippen LogP) is 1.08. The van der Waals surface area contributed by atoms with Gasteiger partial charge in [0.15, 0.2) is 11.7 Å². The molecule has 138 valence electrons. The summed E-state index contributed by atoms with van der Waals surface area (Å²) in [5.74, 6) is -1.48. The molecule has 0 saturated heterocycles. The first-order chi connectivity index (χ1) is 13.0. The van der Waals surface area contributed by atoms with Crippen LogP contribution < -0.4 is 5.56 Å². The number of benzene rings is 1. The van der Waals surface area contributed by atoms with Crippen LogP contribution in [0.3, 0.4) is 0 Å². The molecule has 27 heavy (non-hydrogen) atoms. The summed E-state index contributed by atoms with van der Waals surface area (Å²) < 4.78 is 1.27. The van der Waals surface area contributed by atoms with Gasteiger partial charge in [0.05, 0.1) is 6.42 Å². The highest BCUT2D eigenvalue weighted by Gasteiger charge is 2.36. The van der Waals surface area contributed by atoms with E-state index in [4.69, 9.17) is 0 Å². The van der Waals surface area contributed by atoms with Crippen molar-refractivity contribution in [2.24, 2.45) is 0 Å². The molecule has 1 unspecified atom stereocenters. The van der Waals surface area contributed by atoms with E-state index in [9.17, 15) is 19.5 Å². The molecule has 8 heteroatoms. The first-order valence-electron chi connectivity index (χ1n) is 8.63. The maximum atomic E-state index is 12.9. The number of aromatic amines is 1. The topological polar surface area (TPSA) is 108 Å². The van der Waals surface area contributed by atoms with E-state index in [1.54, 1.807) is 31.3 Å². The minimum Gasteiger partial charge on any atom is -0.479 e. The Kier molecular flexibility index (Phi) is 4.02. The van der Waals surface area contributed by atoms with Crippen molar-refractivity contribution in [3.05, 3.63) is 69.3 Å². The number of carboxylic acid groups (broad SMARTS) is 1. The van der Waals surface area contributed by atoms with Crippen LogP contribution in [-0.2, 0) is 22.4 Å². The number of amides is 1. The fourth-order valence-corrected chi connectivity index (χ4v) is 3.66. The van der Waals surface area contributed by atoms with Gasteiger partial charge in [0.1, 0.15) is 0 Å². The lowest BCUT2D eigenvalue weighted by Gasteiger charge is -2.34. The van der Waals surface area contributed by atoms with E-state index >= 15 is 0 Å². The van der Waals surface area contributed by atoms with E-state index in [1.165, 1.54) is 9.42 Å². The molecule has 3 heterocycles. The molecule has 1 aromatic carbocycles. The van der Waals surface area contributed by atoms with Crippen LogP contribution in [-0.4, -0.2) is 43.0 Å². The van der Waals surface area contributed by atoms with Gasteiger partial charge in [-0.15, -0.1) is 0 Å². The first kappa shape index (κ1) is 17.0. The lowest BCUT2D eigenvalue weighted by Crippen LogP contribution is -2.44. The van der Waals surface area contributed by atoms with Gasteiger partial charge in [-0.2, -0.15) is 0 Å². The SMILES string of the molecule is Cc1nc2cc[nH]n2c(=O)c1CC(=O)N1CCc2ccccc2C1C(=O)O. The second-order valence-electron chi connectivity index (χ2n) is 6.59. The summed E-state index contributed by atoms with van der Waals surface area (Å²) in [6, 6.07) is 7.86. The number of aryl methyl sites for hydroxylation is 1. The summed E-state index contributed by atoms with van der Waals surface area (Å²) in [5, 5.41) is 12.5. The Morgan fingerprint density at radius 2 is 2.07 bits per heavy atom. The molecule has 0 bridgehead atoms. The van der Waals surface area contributed by atoms with Crippen LogP contribution in [0.1, 0.15) is 28.4 Å². The van der Waals surface area contributed by atoms with Gasteiger partial charge in [-0.3, -0.25) is 14.7 Å². The van der Waals surface area contributed by atoms with Crippen molar-refractivity contribution in [3.63, 3.8) is 0 Å². The smallest absolute Gasteiger partial charge is 0.331 e. The van der Waals surface area contributed by atoms with Gasteiger partial charge >= 0.3 is 5.97 Å². The van der Waals surface area contributed by atoms with Crippen LogP contribution in [0.4, 0.5) is 0 Å². The summed E-state index contributed by atoms with van der Waals surface area (Å²) in [5.41, 5.74) is 2.42. The van der Waals surface area contributed by atoms with Gasteiger partial charge in [-0.1, -0.05) is 24.3 Å². The molecule has 8 nitrogen and oxygen atoms in total. The van der Waals surface area contributed by atoms with E-state index in [-0.39, 0.29) is 17.5 Å². The number of carbonyl (C=O) groups excluding carboxylic acids is 1. The molecule has 2 aromatic heterocycles. The number of aromatic nitrogens is 3. The fraction of sp³-hybridized carbons (Fsp3) is 0.263. The summed E-state index contributed by atoms with van der Waals surface area (Å²) in [7, 11) is 0. The van der Waals surface area contributed by atoms with E-state index in [0.717, 1.165) is 5.56 Å². The number of aliphatic carboxylic acids is 1. The van der Waals surface area contributed by atoms with Crippen molar-refractivity contribution in [1.29, 1.82) is 0 Å². The van der Waals surface area contributed by atoms with E-state index in [0.29, 0.717) is 29.9 Å². The number of carbonyl (C=O) groups is 2. The van der Waals surface area contributed by atoms with Crippen molar-refractivity contribution in [1.82, 2.24) is 19.5 Å². The zero-order valence-electron chi connectivity index (χ0n) is 14.7. The van der Waals surface area contributed by atoms with Crippen LogP contribution in [0.25, 0.3) is 5.65 Å². The van der Waals surface area contributed by atoms with E-state index in [1.807, 2.05) is 12.1 Å². The molecule has 0 fully saturated rings. The first-order valence-corrected chi connectivity index (χ1v) is 8.63. The normalized spacial score (nSPS) is 16.3. The highest BCUT2D eigenvalue weighted by atomic mass is 16.4. The monoisotopic (exact) mass is 366 g/mol. The zero-order valence-corrected chi connectivity index (χ0v) is 14.7. The lowest BCUT2D eigenvalue weighted by atomic mass is 9.92. The average Bonchev–Trinajstić information content (AvgIpc) is 3.12. The Labute approximate surface area is 154 Å². The second kappa shape index (κ2) is 6.39. The minimum atomic E-state index is -1.08. The molecule has 3 aromatic rings. The van der Waals surface area contributed by atoms with Gasteiger partial charge in [-0.25, -0.2) is 14.3 Å². The van der Waals surface area contributed by atoms with Crippen LogP contribution in [0.2, 0.25) is 0 Å². The number of carboxylic acids is 1. The van der Waals surface area contributed by atoms with Gasteiger partial charge < -0.3 is 10.0 Å². The maximum absolute atomic E-state index is 12.9. The van der Waals surface area contributed by atoms with Crippen molar-refractivity contribution in [3.8, 4) is 0 Å². The fourth-order valence-electron chi connectivity index (χ4n) is 3.66. The van der Waals surface area contributed by atoms with Crippen molar-refractivity contribution >= 4 is 17.5 Å². The molecule has 0 spiro atoms. The number of nitrogens with one attached hydrogen (secondary N) is 1. The summed E-state index contributed by atoms with van der Waals surface area (Å²) >= 11 is 0. The number of fused-ring (bicyclic) bond motifs is 2. The molecule has 1 aliphatic rings. The van der Waals surface area contributed by atoms with Crippen LogP contribution in [0, 0.1) is 6.92 Å². The minimum absolute atomic E-state index is 0.189. The van der Waals surface area contributed by atoms with E-state index < -0.39 is 17.9 Å². The number of rotatable bonds is 3. The van der Waals surface area contributed by atoms with Gasteiger partial charge in [0.25, 0.3) is 5.56 Å². The average molecular weight is 366 g/mol. The predicted molar refractivity (Wildman–Crippen MR) is 96.5 cm³/mol. The van der Waals surface area contributed by atoms with Crippen molar-refractivity contribution < 1.29 is 14.7 Å². The molecule has 0 radical (unpaired) electrons. The summed E-state index contributed by atoms with van der Waals surface area (Å²) in [6.45, 7) is 1.97. The third-order valence-electron chi connectivity index (χ3n) is 5.01. The molecular weight excluding hydrogens is 348 g/mol. The van der Waals surface area contributed by atoms with Crippen molar-refractivity contribution in [2.75, 3.05) is 6.54 Å². The van der Waals surface area contributed by atoms with Gasteiger partial charge in [0.2, 0.25) is 5.91 Å². The zero-order chi connectivity index (χ0) is 19.1. The van der Waals surface area contributed by atoms with Crippen LogP contribution in [0.5, 0.6) is 0 Å². The van der Waals surface area contributed by atoms with Crippen LogP contribution in [0.15, 0.2) is 41.3 Å². The molecule has 1 amide bonds. The van der Waals surface area contributed by atoms with Crippen LogP contribution >= 0.6 is 0 Å². The Morgan fingerprint density at radius 3 is 2.85 bits per heavy atom. The third kappa shape index (κ3) is 2.79. The molecule has 1 aliphatic heterocycles. The molecular formula is C19H18N4O4. The van der Waals surface area contributed by atoms with E-state index in [2.05, 4.69) is 10.1 Å². The van der Waals surface area contributed by atoms with Crippen molar-refractivity contribution in [2.45, 2.75) is 25.8 Å². The molecule has 0 aliphatic carbocycles. The maximum Gasteiger partial charge on any atom is 0.331 e. The Balaban J connectivity index is 1.69. The number of H-pyrrole nitrogens is 1. The Morgan fingerprint density at radius 1 is 1.30 bits per heavy atom. The number of nitrogens with zero attached hydrogens (tertiary/aromatic N) is 3. The number of hydrogen-bond acceptors (Lipinski definition) is 4. The largest absolute Gasteiger partial charge is 0.479 e. The summed E-state index contributed by atoms with van der Waals surface area (Å²) in [6.07, 6.45) is 1.99. The Hall–Kier alpha value is -3.42. The number of hydrogen-bond donors (Lipinski definition) is 2. The Bertz CT molecular complexity index is 1110. The standard InChI is InChI=1S/C19H18N4O4/c1-11-14(18(25)23-15(21-11)6-8-20-23)10-16(24)22-9-7-12-4-2-3-5-13(12)17(22)19(26)27/h2-6,8,17,20H,7,9-10H2,1H3,(H,26,27).